The molecular weight excluding hydrogens is 278 g/mol. The fourth-order valence-electron chi connectivity index (χ4n) is 2.01. The highest BCUT2D eigenvalue weighted by Crippen LogP contribution is 2.04. The summed E-state index contributed by atoms with van der Waals surface area (Å²) in [5, 5.41) is 13.8. The van der Waals surface area contributed by atoms with Crippen LogP contribution in [0.2, 0.25) is 0 Å². The van der Waals surface area contributed by atoms with E-state index in [9.17, 15) is 19.2 Å². The Hall–Kier alpha value is -2.12. The predicted octanol–water partition coefficient (Wildman–Crippen LogP) is 0.0780. The monoisotopic (exact) mass is 299 g/mol. The van der Waals surface area contributed by atoms with Crippen LogP contribution in [0.3, 0.4) is 0 Å². The number of unbranched alkanes of at least 4 members (excludes halogenated alkanes) is 1. The van der Waals surface area contributed by atoms with Crippen LogP contribution in [0.1, 0.15) is 39.0 Å². The lowest BCUT2D eigenvalue weighted by Gasteiger charge is -2.15. The first-order valence-electron chi connectivity index (χ1n) is 7.06. The molecular formula is C13H21N3O5. The van der Waals surface area contributed by atoms with Crippen molar-refractivity contribution in [1.82, 2.24) is 15.5 Å². The van der Waals surface area contributed by atoms with Crippen molar-refractivity contribution in [1.29, 1.82) is 0 Å². The molecule has 0 radical (unpaired) electrons. The van der Waals surface area contributed by atoms with E-state index in [4.69, 9.17) is 5.11 Å². The van der Waals surface area contributed by atoms with Crippen LogP contribution in [-0.4, -0.2) is 53.0 Å². The molecule has 1 aliphatic heterocycles. The van der Waals surface area contributed by atoms with Crippen LogP contribution in [0.4, 0.5) is 4.79 Å². The maximum absolute atomic E-state index is 11.7. The Morgan fingerprint density at radius 2 is 2.10 bits per heavy atom. The average Bonchev–Trinajstić information content (AvgIpc) is 2.74. The van der Waals surface area contributed by atoms with Gasteiger partial charge in [0.1, 0.15) is 6.04 Å². The highest BCUT2D eigenvalue weighted by molar-refractivity contribution is 6.01. The lowest BCUT2D eigenvalue weighted by Crippen LogP contribution is -2.41. The van der Waals surface area contributed by atoms with E-state index in [0.717, 1.165) is 17.7 Å². The minimum atomic E-state index is -1.05. The third-order valence-corrected chi connectivity index (χ3v) is 3.20. The third kappa shape index (κ3) is 5.41. The third-order valence-electron chi connectivity index (χ3n) is 3.20. The molecule has 0 aromatic rings. The van der Waals surface area contributed by atoms with E-state index in [2.05, 4.69) is 10.6 Å². The number of imide groups is 1. The molecule has 0 unspecified atom stereocenters. The second kappa shape index (κ2) is 8.23. The molecule has 3 N–H and O–H groups in total. The normalized spacial score (nSPS) is 15.8. The van der Waals surface area contributed by atoms with Gasteiger partial charge in [0.05, 0.1) is 6.54 Å². The largest absolute Gasteiger partial charge is 0.480 e. The first kappa shape index (κ1) is 16.9. The minimum Gasteiger partial charge on any atom is -0.480 e. The molecule has 1 rings (SSSR count). The molecule has 8 nitrogen and oxygen atoms in total. The zero-order valence-electron chi connectivity index (χ0n) is 12.1. The summed E-state index contributed by atoms with van der Waals surface area (Å²) in [7, 11) is 0. The number of carbonyl (C=O) groups is 4. The molecule has 8 heteroatoms. The summed E-state index contributed by atoms with van der Waals surface area (Å²) in [4.78, 5) is 46.3. The summed E-state index contributed by atoms with van der Waals surface area (Å²) < 4.78 is 0. The van der Waals surface area contributed by atoms with Gasteiger partial charge >= 0.3 is 12.0 Å². The smallest absolute Gasteiger partial charge is 0.326 e. The lowest BCUT2D eigenvalue weighted by molar-refractivity contribution is -0.142. The van der Waals surface area contributed by atoms with Crippen molar-refractivity contribution in [2.75, 3.05) is 13.1 Å². The SMILES string of the molecule is CCCC[C@H](NC(=O)CCCN1C(=O)CNC1=O)C(=O)O. The molecule has 1 aliphatic rings. The Bertz CT molecular complexity index is 408. The fourth-order valence-corrected chi connectivity index (χ4v) is 2.01. The molecule has 118 valence electrons. The van der Waals surface area contributed by atoms with Gasteiger partial charge in [0, 0.05) is 13.0 Å². The van der Waals surface area contributed by atoms with Gasteiger partial charge in [0.2, 0.25) is 11.8 Å². The van der Waals surface area contributed by atoms with Crippen molar-refractivity contribution in [2.24, 2.45) is 0 Å². The number of hydrogen-bond donors (Lipinski definition) is 3. The topological polar surface area (TPSA) is 116 Å². The summed E-state index contributed by atoms with van der Waals surface area (Å²) in [6.07, 6.45) is 2.36. The van der Waals surface area contributed by atoms with Gasteiger partial charge in [-0.2, -0.15) is 0 Å². The van der Waals surface area contributed by atoms with Gasteiger partial charge in [-0.05, 0) is 12.8 Å². The standard InChI is InChI=1S/C13H21N3O5/c1-2-3-5-9(12(19)20)15-10(17)6-4-7-16-11(18)8-14-13(16)21/h9H,2-8H2,1H3,(H,14,21)(H,15,17)(H,19,20)/t9-/m0/s1. The number of carbonyl (C=O) groups excluding carboxylic acids is 3. The molecule has 1 saturated heterocycles. The van der Waals surface area contributed by atoms with Crippen molar-refractivity contribution in [3.05, 3.63) is 0 Å². The summed E-state index contributed by atoms with van der Waals surface area (Å²) in [6.45, 7) is 2.09. The van der Waals surface area contributed by atoms with Crippen molar-refractivity contribution < 1.29 is 24.3 Å². The summed E-state index contributed by atoms with van der Waals surface area (Å²) in [5.41, 5.74) is 0. The van der Waals surface area contributed by atoms with Gasteiger partial charge in [0.25, 0.3) is 0 Å². The van der Waals surface area contributed by atoms with Crippen LogP contribution in [0.25, 0.3) is 0 Å². The number of carboxylic acid groups (broad SMARTS) is 1. The lowest BCUT2D eigenvalue weighted by atomic mass is 10.1. The number of hydrogen-bond acceptors (Lipinski definition) is 4. The fraction of sp³-hybridized carbons (Fsp3) is 0.692. The molecule has 21 heavy (non-hydrogen) atoms. The maximum atomic E-state index is 11.7. The number of nitrogens with one attached hydrogen (secondary N) is 2. The zero-order chi connectivity index (χ0) is 15.8. The van der Waals surface area contributed by atoms with E-state index in [-0.39, 0.29) is 31.3 Å². The molecule has 1 atom stereocenters. The highest BCUT2D eigenvalue weighted by atomic mass is 16.4. The van der Waals surface area contributed by atoms with Crippen molar-refractivity contribution in [2.45, 2.75) is 45.1 Å². The molecule has 0 spiro atoms. The first-order chi connectivity index (χ1) is 9.95. The van der Waals surface area contributed by atoms with E-state index in [1.54, 1.807) is 0 Å². The Kier molecular flexibility index (Phi) is 6.64. The Morgan fingerprint density at radius 1 is 1.38 bits per heavy atom. The second-order valence-corrected chi connectivity index (χ2v) is 4.91. The minimum absolute atomic E-state index is 0.0108. The van der Waals surface area contributed by atoms with E-state index >= 15 is 0 Å². The molecule has 0 aromatic heterocycles. The van der Waals surface area contributed by atoms with Crippen LogP contribution in [0.15, 0.2) is 0 Å². The molecule has 0 aromatic carbocycles. The van der Waals surface area contributed by atoms with Crippen LogP contribution in [0, 0.1) is 0 Å². The van der Waals surface area contributed by atoms with Gasteiger partial charge in [-0.3, -0.25) is 14.5 Å². The average molecular weight is 299 g/mol. The Balaban J connectivity index is 2.30. The summed E-state index contributed by atoms with van der Waals surface area (Å²) in [5.74, 6) is -1.75. The number of nitrogens with zero attached hydrogens (tertiary/aromatic N) is 1. The van der Waals surface area contributed by atoms with Gasteiger partial charge in [0.15, 0.2) is 0 Å². The predicted molar refractivity (Wildman–Crippen MR) is 73.4 cm³/mol. The Labute approximate surface area is 122 Å². The quantitative estimate of drug-likeness (QED) is 0.521. The van der Waals surface area contributed by atoms with Crippen LogP contribution in [0.5, 0.6) is 0 Å². The number of urea groups is 1. The van der Waals surface area contributed by atoms with E-state index < -0.39 is 18.0 Å². The van der Waals surface area contributed by atoms with Gasteiger partial charge in [-0.15, -0.1) is 0 Å². The number of carboxylic acids is 1. The van der Waals surface area contributed by atoms with Gasteiger partial charge in [-0.25, -0.2) is 9.59 Å². The van der Waals surface area contributed by atoms with Gasteiger partial charge in [-0.1, -0.05) is 19.8 Å². The number of aliphatic carboxylic acids is 1. The summed E-state index contributed by atoms with van der Waals surface area (Å²) in [6, 6.07) is -1.33. The van der Waals surface area contributed by atoms with E-state index in [1.807, 2.05) is 6.92 Å². The second-order valence-electron chi connectivity index (χ2n) is 4.91. The Morgan fingerprint density at radius 3 is 2.62 bits per heavy atom. The summed E-state index contributed by atoms with van der Waals surface area (Å²) >= 11 is 0. The number of amides is 4. The molecule has 1 heterocycles. The highest BCUT2D eigenvalue weighted by Gasteiger charge is 2.28. The number of rotatable bonds is 9. The van der Waals surface area contributed by atoms with Gasteiger partial charge < -0.3 is 15.7 Å². The maximum Gasteiger partial charge on any atom is 0.326 e. The molecule has 0 bridgehead atoms. The van der Waals surface area contributed by atoms with Crippen molar-refractivity contribution >= 4 is 23.8 Å². The van der Waals surface area contributed by atoms with E-state index in [0.29, 0.717) is 12.8 Å². The van der Waals surface area contributed by atoms with E-state index in [1.165, 1.54) is 0 Å². The molecule has 0 aliphatic carbocycles. The molecule has 0 saturated carbocycles. The first-order valence-corrected chi connectivity index (χ1v) is 7.06. The van der Waals surface area contributed by atoms with Crippen LogP contribution in [-0.2, 0) is 14.4 Å². The van der Waals surface area contributed by atoms with Crippen molar-refractivity contribution in [3.8, 4) is 0 Å². The van der Waals surface area contributed by atoms with Crippen LogP contribution >= 0.6 is 0 Å². The molecule has 4 amide bonds. The van der Waals surface area contributed by atoms with Crippen LogP contribution < -0.4 is 10.6 Å². The molecule has 1 fully saturated rings. The zero-order valence-corrected chi connectivity index (χ0v) is 12.1. The van der Waals surface area contributed by atoms with Crippen molar-refractivity contribution in [3.63, 3.8) is 0 Å².